The average Bonchev–Trinajstić information content (AvgIpc) is 2.40. The lowest BCUT2D eigenvalue weighted by Gasteiger charge is -2.23. The lowest BCUT2D eigenvalue weighted by atomic mass is 10.3. The van der Waals surface area contributed by atoms with Crippen LogP contribution in [0.25, 0.3) is 0 Å². The highest BCUT2D eigenvalue weighted by molar-refractivity contribution is 8.10. The van der Waals surface area contributed by atoms with Crippen LogP contribution in [0.4, 0.5) is 11.4 Å². The Balaban J connectivity index is 2.72. The molecule has 0 fully saturated rings. The molecule has 0 aliphatic heterocycles. The molecule has 0 aromatic heterocycles. The van der Waals surface area contributed by atoms with E-state index >= 15 is 0 Å². The van der Waals surface area contributed by atoms with Crippen LogP contribution in [0.5, 0.6) is 0 Å². The van der Waals surface area contributed by atoms with Gasteiger partial charge in [0.15, 0.2) is 0 Å². The number of benzene rings is 2. The van der Waals surface area contributed by atoms with Crippen LogP contribution in [-0.2, 0) is 20.0 Å². The van der Waals surface area contributed by atoms with E-state index in [4.69, 9.17) is 5.73 Å². The van der Waals surface area contributed by atoms with E-state index in [0.717, 1.165) is 6.26 Å². The quantitative estimate of drug-likeness (QED) is 0.857. The van der Waals surface area contributed by atoms with Crippen LogP contribution in [0.1, 0.15) is 0 Å². The molecule has 2 N–H and O–H groups in total. The average molecular weight is 326 g/mol. The van der Waals surface area contributed by atoms with Gasteiger partial charge in [0.05, 0.1) is 22.5 Å². The number of hydrogen-bond donors (Lipinski definition) is 1. The van der Waals surface area contributed by atoms with Crippen molar-refractivity contribution < 1.29 is 16.8 Å². The van der Waals surface area contributed by atoms with Crippen molar-refractivity contribution in [2.45, 2.75) is 4.90 Å². The Morgan fingerprint density at radius 1 is 0.857 bits per heavy atom. The van der Waals surface area contributed by atoms with Gasteiger partial charge in [0.2, 0.25) is 10.0 Å². The lowest BCUT2D eigenvalue weighted by molar-refractivity contribution is 0.587. The zero-order chi connectivity index (χ0) is 15.7. The molecule has 0 aliphatic carbocycles. The molecule has 2 rings (SSSR count). The van der Waals surface area contributed by atoms with Crippen LogP contribution >= 0.6 is 0 Å². The molecule has 0 aliphatic rings. The van der Waals surface area contributed by atoms with Gasteiger partial charge in [-0.15, -0.1) is 0 Å². The predicted molar refractivity (Wildman–Crippen MR) is 81.8 cm³/mol. The number of nitrogens with two attached hydrogens (primary N) is 1. The highest BCUT2D eigenvalue weighted by Crippen LogP contribution is 2.30. The molecule has 0 atom stereocenters. The molecule has 0 unspecified atom stereocenters. The molecule has 2 aromatic carbocycles. The number of nitrogens with zero attached hydrogens (tertiary/aromatic N) is 1. The molecule has 0 radical (unpaired) electrons. The van der Waals surface area contributed by atoms with Gasteiger partial charge in [-0.25, -0.2) is 16.8 Å². The Labute approximate surface area is 123 Å². The second-order valence-corrected chi connectivity index (χ2v) is 8.19. The summed E-state index contributed by atoms with van der Waals surface area (Å²) in [6, 6.07) is 13.2. The molecule has 8 heteroatoms. The maximum Gasteiger partial charge on any atom is 0.277 e. The van der Waals surface area contributed by atoms with Crippen molar-refractivity contribution in [3.05, 3.63) is 54.6 Å². The summed E-state index contributed by atoms with van der Waals surface area (Å²) >= 11 is 0. The van der Waals surface area contributed by atoms with Gasteiger partial charge >= 0.3 is 0 Å². The van der Waals surface area contributed by atoms with E-state index in [9.17, 15) is 16.8 Å². The molecule has 6 nitrogen and oxygen atoms in total. The van der Waals surface area contributed by atoms with Crippen molar-refractivity contribution in [1.82, 2.24) is 0 Å². The standard InChI is InChI=1S/C13H14N2O4S2/c1-20(16,17)15(13-10-6-5-9-12(13)14)21(18,19)11-7-3-2-4-8-11/h2-10H,14H2,1H3. The van der Waals surface area contributed by atoms with Crippen molar-refractivity contribution in [1.29, 1.82) is 0 Å². The smallest absolute Gasteiger partial charge is 0.277 e. The number of hydrogen-bond acceptors (Lipinski definition) is 5. The monoisotopic (exact) mass is 326 g/mol. The van der Waals surface area contributed by atoms with Gasteiger partial charge in [0.1, 0.15) is 0 Å². The van der Waals surface area contributed by atoms with Crippen LogP contribution in [-0.4, -0.2) is 23.1 Å². The number of sulfonamides is 2. The predicted octanol–water partition coefficient (Wildman–Crippen LogP) is 1.42. The van der Waals surface area contributed by atoms with Crippen molar-refractivity contribution in [3.63, 3.8) is 0 Å². The maximum atomic E-state index is 12.6. The molecule has 21 heavy (non-hydrogen) atoms. The largest absolute Gasteiger partial charge is 0.397 e. The fraction of sp³-hybridized carbons (Fsp3) is 0.0769. The second kappa shape index (κ2) is 5.38. The van der Waals surface area contributed by atoms with Crippen molar-refractivity contribution in [2.75, 3.05) is 15.7 Å². The Morgan fingerprint density at radius 2 is 1.38 bits per heavy atom. The van der Waals surface area contributed by atoms with E-state index < -0.39 is 20.0 Å². The fourth-order valence-electron chi connectivity index (χ4n) is 1.83. The van der Waals surface area contributed by atoms with E-state index in [2.05, 4.69) is 0 Å². The number of anilines is 2. The molecular weight excluding hydrogens is 312 g/mol. The van der Waals surface area contributed by atoms with Crippen molar-refractivity contribution in [3.8, 4) is 0 Å². The first kappa shape index (κ1) is 15.3. The first-order valence-electron chi connectivity index (χ1n) is 5.89. The minimum absolute atomic E-state index is 0.0578. The Hall–Kier alpha value is -2.06. The number of nitrogen functional groups attached to an aromatic ring is 1. The summed E-state index contributed by atoms with van der Waals surface area (Å²) in [7, 11) is -8.35. The third-order valence-electron chi connectivity index (χ3n) is 2.69. The Morgan fingerprint density at radius 3 is 1.90 bits per heavy atom. The molecule has 112 valence electrons. The van der Waals surface area contributed by atoms with Crippen LogP contribution in [0, 0.1) is 0 Å². The summed E-state index contributed by atoms with van der Waals surface area (Å²) in [5, 5.41) is 0. The first-order valence-corrected chi connectivity index (χ1v) is 9.18. The molecule has 0 heterocycles. The summed E-state index contributed by atoms with van der Waals surface area (Å²) in [5.41, 5.74) is 5.69. The molecule has 0 saturated heterocycles. The fourth-order valence-corrected chi connectivity index (χ4v) is 5.15. The summed E-state index contributed by atoms with van der Waals surface area (Å²) in [6.07, 6.45) is 0.819. The van der Waals surface area contributed by atoms with Crippen molar-refractivity contribution in [2.24, 2.45) is 0 Å². The highest BCUT2D eigenvalue weighted by atomic mass is 32.3. The molecule has 0 amide bonds. The summed E-state index contributed by atoms with van der Waals surface area (Å²) in [5.74, 6) is 0. The normalized spacial score (nSPS) is 12.0. The van der Waals surface area contributed by atoms with E-state index in [1.165, 1.54) is 42.5 Å². The van der Waals surface area contributed by atoms with E-state index in [-0.39, 0.29) is 16.3 Å². The van der Waals surface area contributed by atoms with E-state index in [1.54, 1.807) is 12.1 Å². The Kier molecular flexibility index (Phi) is 3.93. The van der Waals surface area contributed by atoms with Gasteiger partial charge in [-0.1, -0.05) is 30.3 Å². The first-order chi connectivity index (χ1) is 9.74. The molecule has 0 saturated carbocycles. The Bertz CT molecular complexity index is 847. The number of rotatable bonds is 4. The van der Waals surface area contributed by atoms with Gasteiger partial charge in [-0.3, -0.25) is 0 Å². The zero-order valence-electron chi connectivity index (χ0n) is 11.2. The van der Waals surface area contributed by atoms with Crippen LogP contribution in [0.2, 0.25) is 0 Å². The summed E-state index contributed by atoms with van der Waals surface area (Å²) in [6.45, 7) is 0. The van der Waals surface area contributed by atoms with Crippen LogP contribution in [0.15, 0.2) is 59.5 Å². The van der Waals surface area contributed by atoms with Gasteiger partial charge in [0.25, 0.3) is 10.0 Å². The van der Waals surface area contributed by atoms with Crippen molar-refractivity contribution >= 4 is 31.4 Å². The molecule has 2 aromatic rings. The van der Waals surface area contributed by atoms with Crippen LogP contribution in [0.3, 0.4) is 0 Å². The maximum absolute atomic E-state index is 12.6. The van der Waals surface area contributed by atoms with E-state index in [0.29, 0.717) is 3.71 Å². The zero-order valence-corrected chi connectivity index (χ0v) is 12.8. The van der Waals surface area contributed by atoms with Gasteiger partial charge in [-0.2, -0.15) is 3.71 Å². The number of para-hydroxylation sites is 2. The van der Waals surface area contributed by atoms with Gasteiger partial charge < -0.3 is 5.73 Å². The molecule has 0 spiro atoms. The highest BCUT2D eigenvalue weighted by Gasteiger charge is 2.33. The second-order valence-electron chi connectivity index (χ2n) is 4.34. The molecular formula is C13H14N2O4S2. The molecule has 0 bridgehead atoms. The van der Waals surface area contributed by atoms with Gasteiger partial charge in [0, 0.05) is 0 Å². The summed E-state index contributed by atoms with van der Waals surface area (Å²) in [4.78, 5) is -0.126. The minimum atomic E-state index is -4.27. The lowest BCUT2D eigenvalue weighted by Crippen LogP contribution is -2.36. The van der Waals surface area contributed by atoms with Gasteiger partial charge in [-0.05, 0) is 24.3 Å². The van der Waals surface area contributed by atoms with Crippen LogP contribution < -0.4 is 9.44 Å². The SMILES string of the molecule is CS(=O)(=O)N(c1ccccc1N)S(=O)(=O)c1ccccc1. The summed E-state index contributed by atoms with van der Waals surface area (Å²) < 4.78 is 49.6. The third kappa shape index (κ3) is 3.01. The minimum Gasteiger partial charge on any atom is -0.397 e. The topological polar surface area (TPSA) is 97.5 Å². The van der Waals surface area contributed by atoms with E-state index in [1.807, 2.05) is 0 Å². The third-order valence-corrected chi connectivity index (χ3v) is 6.40.